The van der Waals surface area contributed by atoms with Gasteiger partial charge in [-0.25, -0.2) is 4.79 Å². The highest BCUT2D eigenvalue weighted by atomic mass is 16.6. The van der Waals surface area contributed by atoms with Gasteiger partial charge in [-0.15, -0.1) is 0 Å². The Balaban J connectivity index is 1.81. The maximum absolute atomic E-state index is 12.4. The van der Waals surface area contributed by atoms with Gasteiger partial charge in [0.25, 0.3) is 0 Å². The fourth-order valence-electron chi connectivity index (χ4n) is 3.12. The lowest BCUT2D eigenvalue weighted by Gasteiger charge is -2.38. The summed E-state index contributed by atoms with van der Waals surface area (Å²) < 4.78 is 11.1. The molecule has 1 saturated carbocycles. The van der Waals surface area contributed by atoms with E-state index in [0.29, 0.717) is 25.8 Å². The van der Waals surface area contributed by atoms with Crippen molar-refractivity contribution in [1.82, 2.24) is 10.2 Å². The Morgan fingerprint density at radius 3 is 2.65 bits per heavy atom. The van der Waals surface area contributed by atoms with E-state index >= 15 is 0 Å². The standard InChI is InChI=1S/C18H34N2O3/c1-13(15-6-7-15)11-19-14(2)10-16-12-22-9-8-20(16)17(21)23-18(3,4)5/h13-16,19H,6-12H2,1-5H3. The summed E-state index contributed by atoms with van der Waals surface area (Å²) in [6.45, 7) is 13.1. The average molecular weight is 326 g/mol. The Morgan fingerprint density at radius 1 is 1.35 bits per heavy atom. The first kappa shape index (κ1) is 18.5. The van der Waals surface area contributed by atoms with Crippen LogP contribution in [0.1, 0.15) is 53.9 Å². The summed E-state index contributed by atoms with van der Waals surface area (Å²) in [5.74, 6) is 1.67. The van der Waals surface area contributed by atoms with Crippen molar-refractivity contribution in [3.8, 4) is 0 Å². The molecule has 1 amide bonds. The van der Waals surface area contributed by atoms with Crippen molar-refractivity contribution < 1.29 is 14.3 Å². The highest BCUT2D eigenvalue weighted by Gasteiger charge is 2.32. The van der Waals surface area contributed by atoms with Gasteiger partial charge in [-0.2, -0.15) is 0 Å². The van der Waals surface area contributed by atoms with Crippen molar-refractivity contribution >= 4 is 6.09 Å². The lowest BCUT2D eigenvalue weighted by Crippen LogP contribution is -2.52. The lowest BCUT2D eigenvalue weighted by atomic mass is 10.0. The van der Waals surface area contributed by atoms with Gasteiger partial charge in [-0.05, 0) is 65.3 Å². The number of morpholine rings is 1. The molecule has 1 saturated heterocycles. The number of hydrogen-bond donors (Lipinski definition) is 1. The van der Waals surface area contributed by atoms with Gasteiger partial charge in [0.1, 0.15) is 5.60 Å². The van der Waals surface area contributed by atoms with Gasteiger partial charge in [0.2, 0.25) is 0 Å². The van der Waals surface area contributed by atoms with Crippen molar-refractivity contribution in [1.29, 1.82) is 0 Å². The summed E-state index contributed by atoms with van der Waals surface area (Å²) in [6, 6.07) is 0.463. The molecule has 5 heteroatoms. The maximum Gasteiger partial charge on any atom is 0.410 e. The first-order valence-electron chi connectivity index (χ1n) is 9.07. The fraction of sp³-hybridized carbons (Fsp3) is 0.944. The molecule has 1 N–H and O–H groups in total. The molecule has 5 nitrogen and oxygen atoms in total. The number of ether oxygens (including phenoxy) is 2. The van der Waals surface area contributed by atoms with E-state index in [1.165, 1.54) is 12.8 Å². The number of nitrogens with one attached hydrogen (secondary N) is 1. The van der Waals surface area contributed by atoms with Crippen LogP contribution in [0.15, 0.2) is 0 Å². The molecule has 1 aliphatic heterocycles. The Bertz CT molecular complexity index is 390. The van der Waals surface area contributed by atoms with Crippen molar-refractivity contribution in [3.63, 3.8) is 0 Å². The number of nitrogens with zero attached hydrogens (tertiary/aromatic N) is 1. The van der Waals surface area contributed by atoms with E-state index in [-0.39, 0.29) is 12.1 Å². The minimum absolute atomic E-state index is 0.0948. The Morgan fingerprint density at radius 2 is 2.04 bits per heavy atom. The third kappa shape index (κ3) is 6.30. The zero-order valence-corrected chi connectivity index (χ0v) is 15.4. The van der Waals surface area contributed by atoms with Crippen LogP contribution >= 0.6 is 0 Å². The summed E-state index contributed by atoms with van der Waals surface area (Å²) in [7, 11) is 0. The highest BCUT2D eigenvalue weighted by Crippen LogP contribution is 2.36. The minimum Gasteiger partial charge on any atom is -0.444 e. The number of carbonyl (C=O) groups excluding carboxylic acids is 1. The van der Waals surface area contributed by atoms with Gasteiger partial charge in [-0.1, -0.05) is 6.92 Å². The fourth-order valence-corrected chi connectivity index (χ4v) is 3.12. The molecule has 0 bridgehead atoms. The molecule has 2 fully saturated rings. The van der Waals surface area contributed by atoms with Crippen LogP contribution in [0.3, 0.4) is 0 Å². The molecule has 134 valence electrons. The second kappa shape index (κ2) is 7.84. The van der Waals surface area contributed by atoms with Crippen molar-refractivity contribution in [2.24, 2.45) is 11.8 Å². The van der Waals surface area contributed by atoms with Gasteiger partial charge < -0.3 is 19.7 Å². The molecule has 2 aliphatic rings. The number of amides is 1. The van der Waals surface area contributed by atoms with Crippen molar-refractivity contribution in [2.45, 2.75) is 71.6 Å². The number of hydrogen-bond acceptors (Lipinski definition) is 4. The molecule has 3 atom stereocenters. The zero-order valence-electron chi connectivity index (χ0n) is 15.4. The van der Waals surface area contributed by atoms with Gasteiger partial charge in [0.05, 0.1) is 19.3 Å². The summed E-state index contributed by atoms with van der Waals surface area (Å²) in [6.07, 6.45) is 3.46. The topological polar surface area (TPSA) is 50.8 Å². The highest BCUT2D eigenvalue weighted by molar-refractivity contribution is 5.68. The molecule has 0 aromatic heterocycles. The van der Waals surface area contributed by atoms with E-state index in [0.717, 1.165) is 24.8 Å². The quantitative estimate of drug-likeness (QED) is 0.815. The predicted molar refractivity (Wildman–Crippen MR) is 91.5 cm³/mol. The monoisotopic (exact) mass is 326 g/mol. The molecule has 23 heavy (non-hydrogen) atoms. The Hall–Kier alpha value is -0.810. The van der Waals surface area contributed by atoms with Gasteiger partial charge >= 0.3 is 6.09 Å². The predicted octanol–water partition coefficient (Wildman–Crippen LogP) is 3.04. The molecule has 3 unspecified atom stereocenters. The molecule has 0 spiro atoms. The number of rotatable bonds is 6. The molecule has 1 heterocycles. The summed E-state index contributed by atoms with van der Waals surface area (Å²) >= 11 is 0. The molecule has 0 radical (unpaired) electrons. The largest absolute Gasteiger partial charge is 0.444 e. The summed E-state index contributed by atoms with van der Waals surface area (Å²) in [4.78, 5) is 14.2. The number of carbonyl (C=O) groups is 1. The van der Waals surface area contributed by atoms with Crippen LogP contribution in [0.4, 0.5) is 4.79 Å². The third-order valence-corrected chi connectivity index (χ3v) is 4.70. The van der Waals surface area contributed by atoms with Crippen LogP contribution < -0.4 is 5.32 Å². The van der Waals surface area contributed by atoms with Gasteiger partial charge in [-0.3, -0.25) is 0 Å². The van der Waals surface area contributed by atoms with Crippen LogP contribution in [-0.2, 0) is 9.47 Å². The van der Waals surface area contributed by atoms with E-state index in [1.54, 1.807) is 0 Å². The second-order valence-electron chi connectivity index (χ2n) is 8.26. The molecule has 2 rings (SSSR count). The molecule has 0 aromatic carbocycles. The van der Waals surface area contributed by atoms with E-state index in [2.05, 4.69) is 19.2 Å². The van der Waals surface area contributed by atoms with E-state index < -0.39 is 5.60 Å². The van der Waals surface area contributed by atoms with E-state index in [9.17, 15) is 4.79 Å². The molecule has 0 aromatic rings. The van der Waals surface area contributed by atoms with Crippen molar-refractivity contribution in [2.75, 3.05) is 26.3 Å². The van der Waals surface area contributed by atoms with E-state index in [4.69, 9.17) is 9.47 Å². The third-order valence-electron chi connectivity index (χ3n) is 4.70. The minimum atomic E-state index is -0.455. The Kier molecular flexibility index (Phi) is 6.32. The van der Waals surface area contributed by atoms with E-state index in [1.807, 2.05) is 25.7 Å². The summed E-state index contributed by atoms with van der Waals surface area (Å²) in [5.41, 5.74) is -0.455. The van der Waals surface area contributed by atoms with Crippen LogP contribution in [-0.4, -0.2) is 55.0 Å². The summed E-state index contributed by atoms with van der Waals surface area (Å²) in [5, 5.41) is 3.62. The first-order valence-corrected chi connectivity index (χ1v) is 9.07. The van der Waals surface area contributed by atoms with Crippen LogP contribution in [0.2, 0.25) is 0 Å². The smallest absolute Gasteiger partial charge is 0.410 e. The SMILES string of the molecule is CC(CC1COCCN1C(=O)OC(C)(C)C)NCC(C)C1CC1. The maximum atomic E-state index is 12.4. The first-order chi connectivity index (χ1) is 10.8. The van der Waals surface area contributed by atoms with Gasteiger partial charge in [0, 0.05) is 12.6 Å². The second-order valence-corrected chi connectivity index (χ2v) is 8.26. The normalized spacial score (nSPS) is 25.1. The molecule has 1 aliphatic carbocycles. The molecular weight excluding hydrogens is 292 g/mol. The average Bonchev–Trinajstić information content (AvgIpc) is 3.28. The lowest BCUT2D eigenvalue weighted by molar-refractivity contribution is -0.0356. The van der Waals surface area contributed by atoms with Crippen molar-refractivity contribution in [3.05, 3.63) is 0 Å². The zero-order chi connectivity index (χ0) is 17.0. The molecular formula is C18H34N2O3. The van der Waals surface area contributed by atoms with Crippen LogP contribution in [0.5, 0.6) is 0 Å². The van der Waals surface area contributed by atoms with Crippen LogP contribution in [0, 0.1) is 11.8 Å². The van der Waals surface area contributed by atoms with Gasteiger partial charge in [0.15, 0.2) is 0 Å². The Labute approximate surface area is 141 Å². The van der Waals surface area contributed by atoms with Crippen LogP contribution in [0.25, 0.3) is 0 Å².